The van der Waals surface area contributed by atoms with Gasteiger partial charge in [-0.05, 0) is 16.3 Å². The molecule has 1 heteroatoms. The minimum Gasteiger partial charge on any atom is -0.232 e. The van der Waals surface area contributed by atoms with Crippen molar-refractivity contribution in [3.05, 3.63) is 47.5 Å². The predicted octanol–water partition coefficient (Wildman–Crippen LogP) is 2.99. The van der Waals surface area contributed by atoms with Crippen LogP contribution in [0, 0.1) is 0 Å². The van der Waals surface area contributed by atoms with Gasteiger partial charge in [-0.25, -0.2) is 4.58 Å². The number of rotatable bonds is 0. The molecule has 0 spiro atoms. The first kappa shape index (κ1) is 9.41. The van der Waals surface area contributed by atoms with E-state index in [9.17, 15) is 0 Å². The smallest absolute Gasteiger partial charge is 0.171 e. The molecular weight excluding hydrogens is 206 g/mol. The van der Waals surface area contributed by atoms with Crippen LogP contribution in [0.2, 0.25) is 0 Å². The van der Waals surface area contributed by atoms with Crippen molar-refractivity contribution in [3.8, 4) is 0 Å². The molecule has 1 nitrogen and oxygen atoms in total. The maximum atomic E-state index is 2.55. The number of nitrogens with zero attached hydrogens (tertiary/aromatic N) is 1. The van der Waals surface area contributed by atoms with Crippen LogP contribution in [0.25, 0.3) is 10.8 Å². The van der Waals surface area contributed by atoms with Crippen molar-refractivity contribution in [2.45, 2.75) is 25.3 Å². The average molecular weight is 222 g/mol. The molecule has 2 aromatic carbocycles. The van der Waals surface area contributed by atoms with Crippen molar-refractivity contribution in [2.75, 3.05) is 6.54 Å². The second-order valence-corrected chi connectivity index (χ2v) is 5.23. The van der Waals surface area contributed by atoms with Crippen molar-refractivity contribution < 1.29 is 4.58 Å². The van der Waals surface area contributed by atoms with Gasteiger partial charge in [0.25, 0.3) is 0 Å². The fourth-order valence-corrected chi connectivity index (χ4v) is 3.34. The second kappa shape index (κ2) is 3.43. The maximum absolute atomic E-state index is 2.55. The summed E-state index contributed by atoms with van der Waals surface area (Å²) in [4.78, 5) is 0. The van der Waals surface area contributed by atoms with E-state index in [0.29, 0.717) is 0 Å². The molecule has 2 aliphatic heterocycles. The monoisotopic (exact) mass is 222 g/mol. The van der Waals surface area contributed by atoms with Gasteiger partial charge in [0, 0.05) is 24.8 Å². The summed E-state index contributed by atoms with van der Waals surface area (Å²) in [6, 6.07) is 14.1. The van der Waals surface area contributed by atoms with Crippen LogP contribution in [0.15, 0.2) is 36.4 Å². The Kier molecular flexibility index (Phi) is 1.90. The summed E-state index contributed by atoms with van der Waals surface area (Å²) in [5, 5.41) is 2.77. The normalized spacial score (nSPS) is 22.1. The van der Waals surface area contributed by atoms with Crippen molar-refractivity contribution in [2.24, 2.45) is 0 Å². The largest absolute Gasteiger partial charge is 0.232 e. The van der Waals surface area contributed by atoms with Crippen LogP contribution in [0.3, 0.4) is 0 Å². The highest BCUT2D eigenvalue weighted by Gasteiger charge is 2.32. The molecule has 0 aromatic heterocycles. The Bertz CT molecular complexity index is 624. The zero-order chi connectivity index (χ0) is 11.2. The fourth-order valence-electron chi connectivity index (χ4n) is 3.34. The lowest BCUT2D eigenvalue weighted by Gasteiger charge is -2.17. The molecule has 0 bridgehead atoms. The van der Waals surface area contributed by atoms with Gasteiger partial charge in [-0.15, -0.1) is 0 Å². The summed E-state index contributed by atoms with van der Waals surface area (Å²) in [5.41, 5.74) is 2.99. The van der Waals surface area contributed by atoms with Crippen LogP contribution in [-0.4, -0.2) is 23.4 Å². The summed E-state index contributed by atoms with van der Waals surface area (Å²) in [7, 11) is 0. The van der Waals surface area contributed by atoms with Gasteiger partial charge in [0.05, 0.1) is 0 Å². The Morgan fingerprint density at radius 2 is 2.00 bits per heavy atom. The number of hydrogen-bond acceptors (Lipinski definition) is 0. The molecule has 0 saturated carbocycles. The van der Waals surface area contributed by atoms with E-state index in [1.54, 1.807) is 0 Å². The minimum absolute atomic E-state index is 0.767. The van der Waals surface area contributed by atoms with Crippen LogP contribution in [0.1, 0.15) is 24.0 Å². The van der Waals surface area contributed by atoms with Crippen molar-refractivity contribution in [3.63, 3.8) is 0 Å². The summed E-state index contributed by atoms with van der Waals surface area (Å²) in [6.07, 6.45) is 6.35. The van der Waals surface area contributed by atoms with E-state index < -0.39 is 0 Å². The molecule has 0 amide bonds. The molecule has 0 aliphatic carbocycles. The Morgan fingerprint density at radius 1 is 1.06 bits per heavy atom. The molecule has 0 N–H and O–H groups in total. The lowest BCUT2D eigenvalue weighted by Crippen LogP contribution is -2.28. The van der Waals surface area contributed by atoms with E-state index in [4.69, 9.17) is 0 Å². The molecule has 4 rings (SSSR count). The number of fused-ring (bicyclic) bond motifs is 4. The number of benzene rings is 2. The lowest BCUT2D eigenvalue weighted by molar-refractivity contribution is -0.540. The second-order valence-electron chi connectivity index (χ2n) is 5.23. The van der Waals surface area contributed by atoms with Crippen LogP contribution >= 0.6 is 0 Å². The standard InChI is InChI=1S/C16H16N/c1-2-6-15-12(4-1)7-8-13-10-14-5-3-9-17(14)11-16(13)15/h1-2,4,6-8,11,14H,3,5,9-10H2/q+1. The SMILES string of the molecule is C1=[N+]2CCCC2Cc2ccc3ccccc3c21. The molecule has 2 heterocycles. The Hall–Kier alpha value is -1.63. The lowest BCUT2D eigenvalue weighted by atomic mass is 9.92. The van der Waals surface area contributed by atoms with Crippen molar-refractivity contribution >= 4 is 17.0 Å². The van der Waals surface area contributed by atoms with E-state index in [1.807, 2.05) is 0 Å². The first-order valence-electron chi connectivity index (χ1n) is 6.53. The van der Waals surface area contributed by atoms with E-state index in [-0.39, 0.29) is 0 Å². The van der Waals surface area contributed by atoms with E-state index in [1.165, 1.54) is 47.7 Å². The van der Waals surface area contributed by atoms with E-state index in [0.717, 1.165) is 6.04 Å². The average Bonchev–Trinajstić information content (AvgIpc) is 2.83. The Balaban J connectivity index is 2.01. The van der Waals surface area contributed by atoms with Crippen molar-refractivity contribution in [1.29, 1.82) is 0 Å². The highest BCUT2D eigenvalue weighted by Crippen LogP contribution is 2.28. The molecule has 1 atom stereocenters. The topological polar surface area (TPSA) is 3.01 Å². The molecule has 17 heavy (non-hydrogen) atoms. The van der Waals surface area contributed by atoms with E-state index >= 15 is 0 Å². The highest BCUT2D eigenvalue weighted by molar-refractivity contribution is 6.00. The summed E-state index contributed by atoms with van der Waals surface area (Å²) < 4.78 is 2.55. The third-order valence-electron chi connectivity index (χ3n) is 4.23. The van der Waals surface area contributed by atoms with Gasteiger partial charge in [0.2, 0.25) is 0 Å². The maximum Gasteiger partial charge on any atom is 0.171 e. The van der Waals surface area contributed by atoms with E-state index in [2.05, 4.69) is 47.2 Å². The van der Waals surface area contributed by atoms with Crippen LogP contribution < -0.4 is 0 Å². The predicted molar refractivity (Wildman–Crippen MR) is 71.0 cm³/mol. The molecule has 2 aliphatic rings. The first-order chi connectivity index (χ1) is 8.42. The molecule has 84 valence electrons. The summed E-state index contributed by atoms with van der Waals surface area (Å²) >= 11 is 0. The van der Waals surface area contributed by atoms with Crippen molar-refractivity contribution in [1.82, 2.24) is 0 Å². The van der Waals surface area contributed by atoms with Gasteiger partial charge < -0.3 is 0 Å². The highest BCUT2D eigenvalue weighted by atomic mass is 15.1. The van der Waals surface area contributed by atoms with Gasteiger partial charge >= 0.3 is 0 Å². The van der Waals surface area contributed by atoms with Gasteiger partial charge in [0.1, 0.15) is 6.54 Å². The van der Waals surface area contributed by atoms with Crippen LogP contribution in [0.4, 0.5) is 0 Å². The van der Waals surface area contributed by atoms with Crippen LogP contribution in [-0.2, 0) is 6.42 Å². The summed E-state index contributed by atoms with van der Waals surface area (Å²) in [6.45, 7) is 1.24. The minimum atomic E-state index is 0.767. The van der Waals surface area contributed by atoms with Gasteiger partial charge in [0.15, 0.2) is 12.3 Å². The quantitative estimate of drug-likeness (QED) is 0.603. The third-order valence-corrected chi connectivity index (χ3v) is 4.23. The zero-order valence-electron chi connectivity index (χ0n) is 9.89. The Labute approximate surface area is 101 Å². The third kappa shape index (κ3) is 1.35. The zero-order valence-corrected chi connectivity index (χ0v) is 9.89. The number of hydrogen-bond donors (Lipinski definition) is 0. The van der Waals surface area contributed by atoms with Gasteiger partial charge in [-0.2, -0.15) is 0 Å². The first-order valence-corrected chi connectivity index (χ1v) is 6.53. The molecule has 2 aromatic rings. The summed E-state index contributed by atoms with van der Waals surface area (Å²) in [5.74, 6) is 0. The molecule has 1 unspecified atom stereocenters. The van der Waals surface area contributed by atoms with Gasteiger partial charge in [-0.3, -0.25) is 0 Å². The molecule has 1 saturated heterocycles. The van der Waals surface area contributed by atoms with Crippen LogP contribution in [0.5, 0.6) is 0 Å². The molecule has 1 fully saturated rings. The van der Waals surface area contributed by atoms with Gasteiger partial charge in [-0.1, -0.05) is 36.4 Å². The fraction of sp³-hybridized carbons (Fsp3) is 0.312. The Morgan fingerprint density at radius 3 is 3.00 bits per heavy atom. The molecule has 0 radical (unpaired) electrons. The molecular formula is C16H16N+.